The van der Waals surface area contributed by atoms with E-state index in [0.29, 0.717) is 13.1 Å². The van der Waals surface area contributed by atoms with Gasteiger partial charge in [-0.3, -0.25) is 10.1 Å². The molecule has 2 rings (SSSR count). The molecule has 1 aliphatic rings. The molecule has 1 aromatic carbocycles. The van der Waals surface area contributed by atoms with E-state index in [0.717, 1.165) is 12.1 Å². The van der Waals surface area contributed by atoms with Gasteiger partial charge in [0.15, 0.2) is 0 Å². The topological polar surface area (TPSA) is 122 Å². The molecular weight excluding hydrogens is 286 g/mol. The summed E-state index contributed by atoms with van der Waals surface area (Å²) in [6.45, 7) is 1.11. The maximum Gasteiger partial charge on any atom is 0.269 e. The van der Waals surface area contributed by atoms with Gasteiger partial charge in [0.1, 0.15) is 0 Å². The van der Waals surface area contributed by atoms with E-state index in [9.17, 15) is 23.6 Å². The number of nitro benzene ring substituents is 1. The third-order valence-electron chi connectivity index (χ3n) is 3.20. The molecule has 2 unspecified atom stereocenters. The van der Waals surface area contributed by atoms with Crippen LogP contribution in [0.3, 0.4) is 0 Å². The number of nitro groups is 1. The van der Waals surface area contributed by atoms with E-state index in [2.05, 4.69) is 10.0 Å². The van der Waals surface area contributed by atoms with Crippen LogP contribution >= 0.6 is 0 Å². The largest absolute Gasteiger partial charge is 0.391 e. The highest BCUT2D eigenvalue weighted by Crippen LogP contribution is 2.16. The second-order valence-corrected chi connectivity index (χ2v) is 6.36. The van der Waals surface area contributed by atoms with Gasteiger partial charge in [0, 0.05) is 37.7 Å². The highest BCUT2D eigenvalue weighted by atomic mass is 32.2. The van der Waals surface area contributed by atoms with Gasteiger partial charge in [0.25, 0.3) is 5.69 Å². The number of benzene rings is 1. The number of aliphatic hydroxyl groups excluding tert-OH is 1. The van der Waals surface area contributed by atoms with E-state index in [1.54, 1.807) is 0 Å². The molecule has 0 amide bonds. The van der Waals surface area contributed by atoms with Crippen molar-refractivity contribution in [3.8, 4) is 0 Å². The number of rotatable bonds is 5. The summed E-state index contributed by atoms with van der Waals surface area (Å²) in [6.07, 6.45) is -0.574. The first kappa shape index (κ1) is 14.9. The summed E-state index contributed by atoms with van der Waals surface area (Å²) < 4.78 is 26.4. The van der Waals surface area contributed by atoms with Gasteiger partial charge in [-0.25, -0.2) is 13.1 Å². The Morgan fingerprint density at radius 1 is 1.35 bits per heavy atom. The van der Waals surface area contributed by atoms with E-state index < -0.39 is 21.1 Å². The number of non-ortho nitro benzene ring substituents is 1. The predicted octanol–water partition coefficient (Wildman–Crippen LogP) is -0.547. The van der Waals surface area contributed by atoms with Gasteiger partial charge in [-0.15, -0.1) is 0 Å². The lowest BCUT2D eigenvalue weighted by molar-refractivity contribution is -0.384. The first-order valence-corrected chi connectivity index (χ1v) is 7.51. The van der Waals surface area contributed by atoms with Crippen LogP contribution in [0.4, 0.5) is 5.69 Å². The fourth-order valence-electron chi connectivity index (χ4n) is 1.97. The molecule has 0 spiro atoms. The molecule has 1 aromatic rings. The number of nitrogens with one attached hydrogen (secondary N) is 2. The average molecular weight is 301 g/mol. The third-order valence-corrected chi connectivity index (χ3v) is 4.64. The van der Waals surface area contributed by atoms with Crippen molar-refractivity contribution in [2.75, 3.05) is 19.6 Å². The Balaban J connectivity index is 2.04. The van der Waals surface area contributed by atoms with E-state index in [-0.39, 0.29) is 23.0 Å². The van der Waals surface area contributed by atoms with Gasteiger partial charge in [-0.05, 0) is 12.1 Å². The summed E-state index contributed by atoms with van der Waals surface area (Å²) in [5.41, 5.74) is -0.167. The zero-order chi connectivity index (χ0) is 14.8. The molecule has 2 atom stereocenters. The molecule has 0 aliphatic carbocycles. The molecule has 0 saturated carbocycles. The van der Waals surface area contributed by atoms with Crippen molar-refractivity contribution in [2.24, 2.45) is 5.92 Å². The van der Waals surface area contributed by atoms with Crippen molar-refractivity contribution in [2.45, 2.75) is 11.0 Å². The normalized spacial score (nSPS) is 22.9. The minimum absolute atomic E-state index is 0.0384. The van der Waals surface area contributed by atoms with Crippen molar-refractivity contribution >= 4 is 15.7 Å². The van der Waals surface area contributed by atoms with Crippen LogP contribution < -0.4 is 10.0 Å². The lowest BCUT2D eigenvalue weighted by atomic mass is 10.1. The second-order valence-electron chi connectivity index (χ2n) is 4.59. The van der Waals surface area contributed by atoms with Crippen LogP contribution in [0.5, 0.6) is 0 Å². The van der Waals surface area contributed by atoms with Gasteiger partial charge in [0.05, 0.1) is 15.9 Å². The number of sulfonamides is 1. The Morgan fingerprint density at radius 2 is 2.00 bits per heavy atom. The lowest BCUT2D eigenvalue weighted by Gasteiger charge is -2.14. The number of hydrogen-bond donors (Lipinski definition) is 3. The molecule has 0 aromatic heterocycles. The number of aliphatic hydroxyl groups is 1. The SMILES string of the molecule is O=[N+]([O-])c1ccc(S(=O)(=O)NCC2CNCC2O)cc1. The Hall–Kier alpha value is -1.55. The molecule has 20 heavy (non-hydrogen) atoms. The molecule has 1 saturated heterocycles. The zero-order valence-electron chi connectivity index (χ0n) is 10.5. The van der Waals surface area contributed by atoms with E-state index in [4.69, 9.17) is 0 Å². The maximum absolute atomic E-state index is 12.0. The summed E-state index contributed by atoms with van der Waals surface area (Å²) >= 11 is 0. The van der Waals surface area contributed by atoms with Crippen LogP contribution in [0, 0.1) is 16.0 Å². The van der Waals surface area contributed by atoms with Crippen LogP contribution in [-0.4, -0.2) is 44.2 Å². The first-order chi connectivity index (χ1) is 9.40. The number of β-amino-alcohol motifs (C(OH)–C–C–N with tert-alkyl or cyclic N) is 1. The molecule has 0 bridgehead atoms. The van der Waals surface area contributed by atoms with Crippen molar-refractivity contribution < 1.29 is 18.4 Å². The zero-order valence-corrected chi connectivity index (χ0v) is 11.3. The Bertz CT molecular complexity index is 587. The monoisotopic (exact) mass is 301 g/mol. The molecule has 110 valence electrons. The van der Waals surface area contributed by atoms with Gasteiger partial charge < -0.3 is 10.4 Å². The van der Waals surface area contributed by atoms with Crippen molar-refractivity contribution in [1.29, 1.82) is 0 Å². The minimum Gasteiger partial charge on any atom is -0.391 e. The van der Waals surface area contributed by atoms with Crippen molar-refractivity contribution in [3.05, 3.63) is 34.4 Å². The molecule has 9 heteroatoms. The molecule has 3 N–H and O–H groups in total. The van der Waals surface area contributed by atoms with Gasteiger partial charge >= 0.3 is 0 Å². The fraction of sp³-hybridized carbons (Fsp3) is 0.455. The highest BCUT2D eigenvalue weighted by molar-refractivity contribution is 7.89. The predicted molar refractivity (Wildman–Crippen MR) is 70.7 cm³/mol. The van der Waals surface area contributed by atoms with E-state index in [1.807, 2.05) is 0 Å². The minimum atomic E-state index is -3.73. The standard InChI is InChI=1S/C11H15N3O5S/c15-11-7-12-5-8(11)6-13-20(18,19)10-3-1-9(2-4-10)14(16)17/h1-4,8,11-13,15H,5-7H2. The molecule has 0 radical (unpaired) electrons. The highest BCUT2D eigenvalue weighted by Gasteiger charge is 2.26. The quantitative estimate of drug-likeness (QED) is 0.496. The van der Waals surface area contributed by atoms with Crippen LogP contribution in [0.2, 0.25) is 0 Å². The molecular formula is C11H15N3O5S. The summed E-state index contributed by atoms with van der Waals surface area (Å²) in [4.78, 5) is 9.87. The first-order valence-electron chi connectivity index (χ1n) is 6.03. The summed E-state index contributed by atoms with van der Waals surface area (Å²) in [5, 5.41) is 23.0. The molecule has 8 nitrogen and oxygen atoms in total. The van der Waals surface area contributed by atoms with Crippen molar-refractivity contribution in [3.63, 3.8) is 0 Å². The van der Waals surface area contributed by atoms with Gasteiger partial charge in [0.2, 0.25) is 10.0 Å². The van der Waals surface area contributed by atoms with E-state index >= 15 is 0 Å². The van der Waals surface area contributed by atoms with E-state index in [1.165, 1.54) is 12.1 Å². The van der Waals surface area contributed by atoms with Crippen LogP contribution in [0.25, 0.3) is 0 Å². The Labute approximate surface area is 116 Å². The summed E-state index contributed by atoms with van der Waals surface area (Å²) in [5.74, 6) is -0.178. The van der Waals surface area contributed by atoms with Crippen molar-refractivity contribution in [1.82, 2.24) is 10.0 Å². The number of hydrogen-bond acceptors (Lipinski definition) is 6. The summed E-state index contributed by atoms with van der Waals surface area (Å²) in [6, 6.07) is 4.65. The van der Waals surface area contributed by atoms with Gasteiger partial charge in [-0.1, -0.05) is 0 Å². The van der Waals surface area contributed by atoms with Gasteiger partial charge in [-0.2, -0.15) is 0 Å². The smallest absolute Gasteiger partial charge is 0.269 e. The molecule has 1 aliphatic heterocycles. The van der Waals surface area contributed by atoms with Crippen LogP contribution in [0.15, 0.2) is 29.2 Å². The maximum atomic E-state index is 12.0. The van der Waals surface area contributed by atoms with Crippen LogP contribution in [-0.2, 0) is 10.0 Å². The fourth-order valence-corrected chi connectivity index (χ4v) is 3.07. The average Bonchev–Trinajstić information content (AvgIpc) is 2.82. The molecule has 1 fully saturated rings. The summed E-state index contributed by atoms with van der Waals surface area (Å²) in [7, 11) is -3.73. The molecule has 1 heterocycles. The number of nitrogens with zero attached hydrogens (tertiary/aromatic N) is 1. The second kappa shape index (κ2) is 5.83. The van der Waals surface area contributed by atoms with Crippen LogP contribution in [0.1, 0.15) is 0 Å². The third kappa shape index (κ3) is 3.31. The lowest BCUT2D eigenvalue weighted by Crippen LogP contribution is -2.34. The Kier molecular flexibility index (Phi) is 4.33. The Morgan fingerprint density at radius 3 is 2.50 bits per heavy atom.